The minimum Gasteiger partial charge on any atom is -0.463 e. The molecule has 4 atom stereocenters. The molecule has 0 aromatic carbocycles. The molecular formula is C16H18F3N3O5. The quantitative estimate of drug-likeness (QED) is 0.568. The van der Waals surface area contributed by atoms with Gasteiger partial charge in [0.05, 0.1) is 5.92 Å². The Morgan fingerprint density at radius 1 is 1.59 bits per heavy atom. The van der Waals surface area contributed by atoms with Crippen molar-refractivity contribution in [3.8, 4) is 0 Å². The van der Waals surface area contributed by atoms with Crippen LogP contribution in [0.15, 0.2) is 34.9 Å². The van der Waals surface area contributed by atoms with Crippen LogP contribution < -0.4 is 11.4 Å². The van der Waals surface area contributed by atoms with Gasteiger partial charge in [-0.25, -0.2) is 9.18 Å². The summed E-state index contributed by atoms with van der Waals surface area (Å²) < 4.78 is 51.1. The normalized spacial score (nSPS) is 27.3. The maximum atomic E-state index is 15.4. The number of rotatable bonds is 5. The van der Waals surface area contributed by atoms with Gasteiger partial charge in [0.25, 0.3) is 0 Å². The second kappa shape index (κ2) is 7.95. The standard InChI is InChI=1S/C16H18F3N3O5/c1-8(2)13(24)26-7-9-12(23)16(19,5-3-10(17)18)14(27-9)22-6-4-11(20)21-15(22)25/h4-6,8-9,12,14,23H,7H2,1-2H3,(H2,20,21,25)/t9-,12-,14-,16-/m1/s1. The van der Waals surface area contributed by atoms with Crippen LogP contribution in [0.5, 0.6) is 0 Å². The molecule has 8 nitrogen and oxygen atoms in total. The molecule has 0 aliphatic carbocycles. The predicted octanol–water partition coefficient (Wildman–Crippen LogP) is 0.927. The highest BCUT2D eigenvalue weighted by molar-refractivity contribution is 5.71. The van der Waals surface area contributed by atoms with E-state index in [4.69, 9.17) is 15.2 Å². The minimum atomic E-state index is -2.97. The number of aliphatic hydroxyl groups excluding tert-OH is 1. The summed E-state index contributed by atoms with van der Waals surface area (Å²) in [7, 11) is 0. The second-order valence-corrected chi connectivity index (χ2v) is 6.18. The maximum absolute atomic E-state index is 15.4. The average Bonchev–Trinajstić information content (AvgIpc) is 2.83. The summed E-state index contributed by atoms with van der Waals surface area (Å²) in [6, 6.07) is 1.17. The number of alkyl halides is 1. The fraction of sp³-hybridized carbons (Fsp3) is 0.500. The molecule has 11 heteroatoms. The highest BCUT2D eigenvalue weighted by Gasteiger charge is 2.57. The van der Waals surface area contributed by atoms with Crippen LogP contribution in [0.2, 0.25) is 0 Å². The summed E-state index contributed by atoms with van der Waals surface area (Å²) in [6.45, 7) is 2.58. The van der Waals surface area contributed by atoms with E-state index in [1.54, 1.807) is 13.8 Å². The minimum absolute atomic E-state index is 0.146. The molecule has 0 radical (unpaired) electrons. The number of anilines is 1. The van der Waals surface area contributed by atoms with Crippen molar-refractivity contribution < 1.29 is 32.5 Å². The van der Waals surface area contributed by atoms with Gasteiger partial charge in [-0.2, -0.15) is 13.8 Å². The van der Waals surface area contributed by atoms with Gasteiger partial charge in [0.15, 0.2) is 6.23 Å². The molecule has 148 valence electrons. The summed E-state index contributed by atoms with van der Waals surface area (Å²) in [4.78, 5) is 27.0. The Hall–Kier alpha value is -2.62. The molecule has 0 spiro atoms. The van der Waals surface area contributed by atoms with Crippen LogP contribution in [0.1, 0.15) is 20.1 Å². The second-order valence-electron chi connectivity index (χ2n) is 6.18. The van der Waals surface area contributed by atoms with Gasteiger partial charge >= 0.3 is 17.7 Å². The Bertz CT molecular complexity index is 833. The van der Waals surface area contributed by atoms with Gasteiger partial charge in [-0.1, -0.05) is 19.6 Å². The molecular weight excluding hydrogens is 371 g/mol. The first-order valence-corrected chi connectivity index (χ1v) is 7.89. The van der Waals surface area contributed by atoms with Gasteiger partial charge in [0.1, 0.15) is 24.6 Å². The number of aromatic nitrogens is 2. The summed E-state index contributed by atoms with van der Waals surface area (Å²) in [5, 5.41) is 10.3. The lowest BCUT2D eigenvalue weighted by Gasteiger charge is -2.25. The van der Waals surface area contributed by atoms with Crippen molar-refractivity contribution in [2.45, 2.75) is 38.0 Å². The van der Waals surface area contributed by atoms with E-state index in [0.717, 1.165) is 6.20 Å². The zero-order chi connectivity index (χ0) is 20.4. The van der Waals surface area contributed by atoms with Gasteiger partial charge in [0, 0.05) is 12.3 Å². The Balaban J connectivity index is 2.41. The first kappa shape index (κ1) is 20.7. The Morgan fingerprint density at radius 3 is 2.81 bits per heavy atom. The highest BCUT2D eigenvalue weighted by Crippen LogP contribution is 2.42. The lowest BCUT2D eigenvalue weighted by molar-refractivity contribution is -0.153. The van der Waals surface area contributed by atoms with E-state index in [1.165, 1.54) is 11.8 Å². The number of nitrogen functional groups attached to an aromatic ring is 1. The topological polar surface area (TPSA) is 117 Å². The van der Waals surface area contributed by atoms with E-state index in [9.17, 15) is 23.5 Å². The summed E-state index contributed by atoms with van der Waals surface area (Å²) in [5.74, 6) is -1.26. The van der Waals surface area contributed by atoms with Crippen LogP contribution in [0.3, 0.4) is 0 Å². The molecule has 0 bridgehead atoms. The third-order valence-corrected chi connectivity index (χ3v) is 3.86. The van der Waals surface area contributed by atoms with Crippen LogP contribution in [-0.2, 0) is 14.3 Å². The SMILES string of the molecule is CC(C)C(=O)OC[C@H]1O[C@@H](n2ccc(N)nc2=O)[C@@](F)(C=C=C(F)F)[C@@H]1O. The largest absolute Gasteiger partial charge is 0.463 e. The number of hydrogen-bond acceptors (Lipinski definition) is 7. The van der Waals surface area contributed by atoms with Crippen molar-refractivity contribution in [2.24, 2.45) is 5.92 Å². The molecule has 1 fully saturated rings. The molecule has 27 heavy (non-hydrogen) atoms. The zero-order valence-corrected chi connectivity index (χ0v) is 14.4. The van der Waals surface area contributed by atoms with Gasteiger partial charge in [-0.3, -0.25) is 9.36 Å². The molecule has 2 rings (SSSR count). The van der Waals surface area contributed by atoms with Crippen molar-refractivity contribution in [3.05, 3.63) is 40.6 Å². The van der Waals surface area contributed by atoms with Crippen LogP contribution in [-0.4, -0.2) is 45.1 Å². The van der Waals surface area contributed by atoms with E-state index in [-0.39, 0.29) is 11.9 Å². The molecule has 1 aromatic rings. The smallest absolute Gasteiger partial charge is 0.351 e. The molecule has 0 saturated carbocycles. The Kier molecular flexibility index (Phi) is 6.09. The number of halogens is 3. The zero-order valence-electron chi connectivity index (χ0n) is 14.4. The van der Waals surface area contributed by atoms with Crippen LogP contribution >= 0.6 is 0 Å². The number of esters is 1. The van der Waals surface area contributed by atoms with Crippen LogP contribution in [0.4, 0.5) is 19.0 Å². The molecule has 1 aromatic heterocycles. The summed E-state index contributed by atoms with van der Waals surface area (Å²) in [5.41, 5.74) is 2.74. The fourth-order valence-corrected chi connectivity index (χ4v) is 2.44. The maximum Gasteiger partial charge on any atom is 0.351 e. The van der Waals surface area contributed by atoms with Gasteiger partial charge in [-0.05, 0) is 6.07 Å². The van der Waals surface area contributed by atoms with Crippen molar-refractivity contribution in [2.75, 3.05) is 12.3 Å². The lowest BCUT2D eigenvalue weighted by atomic mass is 9.96. The number of nitrogens with two attached hydrogens (primary N) is 1. The number of carbonyl (C=O) groups is 1. The number of carbonyl (C=O) groups excluding carboxylic acids is 1. The number of ether oxygens (including phenoxy) is 2. The summed E-state index contributed by atoms with van der Waals surface area (Å²) >= 11 is 0. The first-order valence-electron chi connectivity index (χ1n) is 7.89. The number of nitrogens with zero attached hydrogens (tertiary/aromatic N) is 2. The molecule has 1 saturated heterocycles. The number of aliphatic hydroxyl groups is 1. The molecule has 0 amide bonds. The van der Waals surface area contributed by atoms with E-state index in [0.29, 0.717) is 4.57 Å². The van der Waals surface area contributed by atoms with Gasteiger partial charge in [-0.15, -0.1) is 0 Å². The Morgan fingerprint density at radius 2 is 2.26 bits per heavy atom. The van der Waals surface area contributed by atoms with Crippen molar-refractivity contribution in [3.63, 3.8) is 0 Å². The molecule has 1 aliphatic heterocycles. The first-order chi connectivity index (χ1) is 12.6. The number of hydrogen-bond donors (Lipinski definition) is 2. The third-order valence-electron chi connectivity index (χ3n) is 3.86. The van der Waals surface area contributed by atoms with E-state index in [1.807, 2.05) is 0 Å². The molecule has 3 N–H and O–H groups in total. The molecule has 2 heterocycles. The van der Waals surface area contributed by atoms with Crippen molar-refractivity contribution in [1.82, 2.24) is 9.55 Å². The lowest BCUT2D eigenvalue weighted by Crippen LogP contribution is -2.44. The average molecular weight is 389 g/mol. The third kappa shape index (κ3) is 4.38. The molecule has 0 unspecified atom stereocenters. The monoisotopic (exact) mass is 389 g/mol. The van der Waals surface area contributed by atoms with Gasteiger partial charge in [0.2, 0.25) is 5.67 Å². The fourth-order valence-electron chi connectivity index (χ4n) is 2.44. The van der Waals surface area contributed by atoms with Crippen molar-refractivity contribution in [1.29, 1.82) is 0 Å². The van der Waals surface area contributed by atoms with E-state index >= 15 is 4.39 Å². The van der Waals surface area contributed by atoms with Crippen LogP contribution in [0.25, 0.3) is 0 Å². The molecule has 1 aliphatic rings. The Labute approximate surface area is 151 Å². The highest BCUT2D eigenvalue weighted by atomic mass is 19.3. The summed E-state index contributed by atoms with van der Waals surface area (Å²) in [6.07, 6.45) is -6.34. The van der Waals surface area contributed by atoms with Gasteiger partial charge < -0.3 is 20.3 Å². The van der Waals surface area contributed by atoms with E-state index in [2.05, 4.69) is 4.98 Å². The van der Waals surface area contributed by atoms with Crippen LogP contribution in [0, 0.1) is 5.92 Å². The van der Waals surface area contributed by atoms with E-state index < -0.39 is 54.4 Å². The van der Waals surface area contributed by atoms with Crippen molar-refractivity contribution >= 4 is 11.8 Å². The predicted molar refractivity (Wildman–Crippen MR) is 86.3 cm³/mol.